The first-order chi connectivity index (χ1) is 16.2. The minimum absolute atomic E-state index is 0.150. The monoisotopic (exact) mass is 475 g/mol. The third-order valence-corrected chi connectivity index (χ3v) is 6.66. The molecule has 1 saturated heterocycles. The van der Waals surface area contributed by atoms with Crippen LogP contribution in [0.15, 0.2) is 48.5 Å². The van der Waals surface area contributed by atoms with Gasteiger partial charge in [-0.3, -0.25) is 14.6 Å². The molecule has 8 heteroatoms. The second-order valence-corrected chi connectivity index (χ2v) is 9.53. The van der Waals surface area contributed by atoms with Crippen LogP contribution in [0.2, 0.25) is 0 Å². The van der Waals surface area contributed by atoms with Gasteiger partial charge in [0.2, 0.25) is 0 Å². The number of nitrogens with one attached hydrogen (secondary N) is 1. The summed E-state index contributed by atoms with van der Waals surface area (Å²) in [5.74, 6) is -0.104. The summed E-state index contributed by atoms with van der Waals surface area (Å²) in [5.41, 5.74) is 4.08. The molecule has 5 nitrogen and oxygen atoms in total. The Morgan fingerprint density at radius 3 is 2.68 bits per heavy atom. The standard InChI is InChI=1S/C26H32F3N3O2/c27-26(28,29)18-32-10-8-20(15-32)12-19-4-3-7-22(13-19)25(34)30-14-24(33)17-31-11-9-21-5-1-2-6-23(21)16-31/h1-7,13,20,24,33H,8-12,14-18H2,(H,30,34). The predicted octanol–water partition coefficient (Wildman–Crippen LogP) is 3.26. The van der Waals surface area contributed by atoms with Crippen molar-refractivity contribution in [1.82, 2.24) is 15.1 Å². The summed E-state index contributed by atoms with van der Waals surface area (Å²) >= 11 is 0. The minimum atomic E-state index is -4.17. The number of aliphatic hydroxyl groups is 1. The molecule has 34 heavy (non-hydrogen) atoms. The number of alkyl halides is 3. The van der Waals surface area contributed by atoms with E-state index in [0.29, 0.717) is 31.6 Å². The molecule has 1 fully saturated rings. The highest BCUT2D eigenvalue weighted by molar-refractivity contribution is 5.94. The number of halogens is 3. The van der Waals surface area contributed by atoms with Crippen molar-refractivity contribution in [2.45, 2.75) is 38.1 Å². The Morgan fingerprint density at radius 2 is 1.88 bits per heavy atom. The Balaban J connectivity index is 1.23. The fourth-order valence-electron chi connectivity index (χ4n) is 5.03. The largest absolute Gasteiger partial charge is 0.401 e. The smallest absolute Gasteiger partial charge is 0.390 e. The van der Waals surface area contributed by atoms with Crippen molar-refractivity contribution >= 4 is 5.91 Å². The number of hydrogen-bond acceptors (Lipinski definition) is 4. The number of nitrogens with zero attached hydrogens (tertiary/aromatic N) is 2. The SMILES string of the molecule is O=C(NCC(O)CN1CCc2ccccc2C1)c1cccc(CC2CCN(CC(F)(F)F)C2)c1. The second-order valence-electron chi connectivity index (χ2n) is 9.53. The lowest BCUT2D eigenvalue weighted by Crippen LogP contribution is -2.42. The van der Waals surface area contributed by atoms with Crippen molar-refractivity contribution in [3.63, 3.8) is 0 Å². The van der Waals surface area contributed by atoms with Crippen molar-refractivity contribution in [2.24, 2.45) is 5.92 Å². The van der Waals surface area contributed by atoms with Gasteiger partial charge in [0.15, 0.2) is 0 Å². The van der Waals surface area contributed by atoms with Gasteiger partial charge in [-0.25, -0.2) is 0 Å². The molecule has 2 aromatic rings. The molecule has 2 unspecified atom stereocenters. The normalized spacial score (nSPS) is 20.2. The number of fused-ring (bicyclic) bond motifs is 1. The topological polar surface area (TPSA) is 55.8 Å². The van der Waals surface area contributed by atoms with Crippen molar-refractivity contribution in [3.8, 4) is 0 Å². The van der Waals surface area contributed by atoms with E-state index in [0.717, 1.165) is 31.5 Å². The zero-order valence-corrected chi connectivity index (χ0v) is 19.2. The molecule has 2 aromatic carbocycles. The van der Waals surface area contributed by atoms with Gasteiger partial charge in [0.1, 0.15) is 0 Å². The summed E-state index contributed by atoms with van der Waals surface area (Å²) in [6.45, 7) is 2.34. The molecule has 184 valence electrons. The number of likely N-dealkylation sites (tertiary alicyclic amines) is 1. The highest BCUT2D eigenvalue weighted by atomic mass is 19.4. The van der Waals surface area contributed by atoms with E-state index in [4.69, 9.17) is 0 Å². The molecule has 0 aliphatic carbocycles. The highest BCUT2D eigenvalue weighted by Gasteiger charge is 2.34. The number of rotatable bonds is 8. The number of carbonyl (C=O) groups is 1. The van der Waals surface area contributed by atoms with Crippen LogP contribution in [0.25, 0.3) is 0 Å². The fraction of sp³-hybridized carbons (Fsp3) is 0.500. The average Bonchev–Trinajstić information content (AvgIpc) is 3.22. The Kier molecular flexibility index (Phi) is 7.91. The number of hydrogen-bond donors (Lipinski definition) is 2. The van der Waals surface area contributed by atoms with Crippen LogP contribution in [-0.2, 0) is 19.4 Å². The summed E-state index contributed by atoms with van der Waals surface area (Å²) in [6, 6.07) is 15.6. The summed E-state index contributed by atoms with van der Waals surface area (Å²) < 4.78 is 37.9. The van der Waals surface area contributed by atoms with Crippen LogP contribution >= 0.6 is 0 Å². The quantitative estimate of drug-likeness (QED) is 0.616. The van der Waals surface area contributed by atoms with Gasteiger partial charge < -0.3 is 10.4 Å². The van der Waals surface area contributed by atoms with E-state index in [9.17, 15) is 23.1 Å². The number of aliphatic hydroxyl groups excluding tert-OH is 1. The first-order valence-electron chi connectivity index (χ1n) is 11.9. The van der Waals surface area contributed by atoms with Crippen molar-refractivity contribution < 1.29 is 23.1 Å². The van der Waals surface area contributed by atoms with Crippen LogP contribution in [0.1, 0.15) is 33.5 Å². The lowest BCUT2D eigenvalue weighted by molar-refractivity contribution is -0.143. The number of benzene rings is 2. The number of amides is 1. The van der Waals surface area contributed by atoms with E-state index >= 15 is 0 Å². The highest BCUT2D eigenvalue weighted by Crippen LogP contribution is 2.25. The van der Waals surface area contributed by atoms with Gasteiger partial charge in [-0.1, -0.05) is 36.4 Å². The predicted molar refractivity (Wildman–Crippen MR) is 125 cm³/mol. The van der Waals surface area contributed by atoms with Gasteiger partial charge in [-0.2, -0.15) is 13.2 Å². The van der Waals surface area contributed by atoms with Gasteiger partial charge in [0, 0.05) is 38.3 Å². The fourth-order valence-corrected chi connectivity index (χ4v) is 5.03. The number of carbonyl (C=O) groups excluding carboxylic acids is 1. The lowest BCUT2D eigenvalue weighted by atomic mass is 9.97. The molecule has 1 amide bonds. The van der Waals surface area contributed by atoms with E-state index < -0.39 is 18.8 Å². The Labute approximate surface area is 198 Å². The van der Waals surface area contributed by atoms with E-state index in [1.165, 1.54) is 16.0 Å². The molecule has 0 spiro atoms. The molecule has 0 radical (unpaired) electrons. The average molecular weight is 476 g/mol. The first kappa shape index (κ1) is 24.7. The Morgan fingerprint density at radius 1 is 1.09 bits per heavy atom. The zero-order valence-electron chi connectivity index (χ0n) is 19.2. The van der Waals surface area contributed by atoms with Crippen LogP contribution in [0.5, 0.6) is 0 Å². The molecule has 0 saturated carbocycles. The Bertz CT molecular complexity index is 982. The van der Waals surface area contributed by atoms with Crippen molar-refractivity contribution in [1.29, 1.82) is 0 Å². The number of β-amino-alcohol motifs (C(OH)–C–C–N with tert-alkyl or cyclic N) is 1. The van der Waals surface area contributed by atoms with Crippen molar-refractivity contribution in [2.75, 3.05) is 39.3 Å². The molecular weight excluding hydrogens is 443 g/mol. The third-order valence-electron chi connectivity index (χ3n) is 6.66. The summed E-state index contributed by atoms with van der Waals surface area (Å²) in [6.07, 6.45) is -2.52. The third kappa shape index (κ3) is 7.04. The Hall–Kier alpha value is -2.42. The van der Waals surface area contributed by atoms with E-state index in [-0.39, 0.29) is 18.4 Å². The molecule has 0 aromatic heterocycles. The molecule has 2 N–H and O–H groups in total. The van der Waals surface area contributed by atoms with E-state index in [2.05, 4.69) is 22.3 Å². The van der Waals surface area contributed by atoms with Gasteiger partial charge in [0.05, 0.1) is 12.6 Å². The first-order valence-corrected chi connectivity index (χ1v) is 11.9. The van der Waals surface area contributed by atoms with E-state index in [1.54, 1.807) is 18.2 Å². The maximum atomic E-state index is 12.6. The maximum Gasteiger partial charge on any atom is 0.401 e. The molecule has 0 bridgehead atoms. The molecule has 2 aliphatic rings. The molecule has 2 aliphatic heterocycles. The van der Waals surface area contributed by atoms with Gasteiger partial charge >= 0.3 is 6.18 Å². The summed E-state index contributed by atoms with van der Waals surface area (Å²) in [4.78, 5) is 16.3. The minimum Gasteiger partial charge on any atom is -0.390 e. The molecule has 4 rings (SSSR count). The summed E-state index contributed by atoms with van der Waals surface area (Å²) in [7, 11) is 0. The zero-order chi connectivity index (χ0) is 24.1. The molecule has 2 atom stereocenters. The van der Waals surface area contributed by atoms with Gasteiger partial charge in [-0.05, 0) is 60.5 Å². The van der Waals surface area contributed by atoms with Crippen LogP contribution in [-0.4, -0.2) is 72.4 Å². The van der Waals surface area contributed by atoms with Gasteiger partial charge in [-0.15, -0.1) is 0 Å². The molecular formula is C26H32F3N3O2. The van der Waals surface area contributed by atoms with Crippen LogP contribution in [0, 0.1) is 5.92 Å². The van der Waals surface area contributed by atoms with Crippen molar-refractivity contribution in [3.05, 3.63) is 70.8 Å². The lowest BCUT2D eigenvalue weighted by Gasteiger charge is -2.30. The summed E-state index contributed by atoms with van der Waals surface area (Å²) in [5, 5.41) is 13.3. The maximum absolute atomic E-state index is 12.6. The van der Waals surface area contributed by atoms with E-state index in [1.807, 2.05) is 18.2 Å². The van der Waals surface area contributed by atoms with Crippen LogP contribution in [0.3, 0.4) is 0 Å². The van der Waals surface area contributed by atoms with Crippen LogP contribution < -0.4 is 5.32 Å². The second kappa shape index (κ2) is 10.9. The van der Waals surface area contributed by atoms with Gasteiger partial charge in [0.25, 0.3) is 5.91 Å². The van der Waals surface area contributed by atoms with Crippen LogP contribution in [0.4, 0.5) is 13.2 Å². The molecule has 2 heterocycles.